The highest BCUT2D eigenvalue weighted by Crippen LogP contribution is 2.40. The molecule has 1 saturated heterocycles. The molecule has 1 aliphatic heterocycles. The molecular formula is C18H29NO2. The van der Waals surface area contributed by atoms with E-state index in [2.05, 4.69) is 25.7 Å². The van der Waals surface area contributed by atoms with Gasteiger partial charge >= 0.3 is 0 Å². The van der Waals surface area contributed by atoms with Crippen molar-refractivity contribution < 1.29 is 9.84 Å². The van der Waals surface area contributed by atoms with Crippen molar-refractivity contribution in [1.82, 2.24) is 4.90 Å². The average molecular weight is 291 g/mol. The van der Waals surface area contributed by atoms with Gasteiger partial charge in [-0.05, 0) is 56.0 Å². The van der Waals surface area contributed by atoms with E-state index in [-0.39, 0.29) is 5.75 Å². The second-order valence-electron chi connectivity index (χ2n) is 6.35. The van der Waals surface area contributed by atoms with Crippen LogP contribution in [0.3, 0.4) is 0 Å². The van der Waals surface area contributed by atoms with Gasteiger partial charge in [-0.3, -0.25) is 4.90 Å². The Morgan fingerprint density at radius 1 is 1.24 bits per heavy atom. The fraction of sp³-hybridized carbons (Fsp3) is 0.667. The first kappa shape index (κ1) is 16.2. The van der Waals surface area contributed by atoms with Crippen molar-refractivity contribution in [1.29, 1.82) is 0 Å². The van der Waals surface area contributed by atoms with Crippen LogP contribution < -0.4 is 4.74 Å². The first-order valence-electron chi connectivity index (χ1n) is 8.16. The molecule has 2 rings (SSSR count). The molecule has 1 aromatic carbocycles. The first-order chi connectivity index (χ1) is 10.0. The van der Waals surface area contributed by atoms with Crippen LogP contribution in [0.5, 0.6) is 11.5 Å². The summed E-state index contributed by atoms with van der Waals surface area (Å²) in [6.07, 6.45) is 5.16. The molecule has 118 valence electrons. The number of aromatic hydroxyl groups is 1. The lowest BCUT2D eigenvalue weighted by molar-refractivity contribution is 0.0709. The summed E-state index contributed by atoms with van der Waals surface area (Å²) in [5.41, 5.74) is 1.77. The van der Waals surface area contributed by atoms with E-state index in [1.54, 1.807) is 13.2 Å². The Balaban J connectivity index is 2.06. The summed E-state index contributed by atoms with van der Waals surface area (Å²) in [7, 11) is 1.60. The quantitative estimate of drug-likeness (QED) is 0.874. The Kier molecular flexibility index (Phi) is 5.15. The number of phenols is 1. The molecule has 3 nitrogen and oxygen atoms in total. The van der Waals surface area contributed by atoms with Crippen molar-refractivity contribution in [2.24, 2.45) is 5.41 Å². The van der Waals surface area contributed by atoms with E-state index in [0.29, 0.717) is 17.2 Å². The summed E-state index contributed by atoms with van der Waals surface area (Å²) in [4.78, 5) is 2.55. The topological polar surface area (TPSA) is 32.7 Å². The van der Waals surface area contributed by atoms with Crippen LogP contribution >= 0.6 is 0 Å². The zero-order chi connectivity index (χ0) is 15.5. The summed E-state index contributed by atoms with van der Waals surface area (Å²) in [6, 6.07) is 6.06. The standard InChI is InChI=1S/C18H29NO2/c1-5-18(6-2)9-11-19(12-10-18)14(3)15-7-8-16(20)17(13-15)21-4/h7-8,13-14,20H,5-6,9-12H2,1-4H3. The number of likely N-dealkylation sites (tertiary alicyclic amines) is 1. The molecular weight excluding hydrogens is 262 g/mol. The molecule has 21 heavy (non-hydrogen) atoms. The van der Waals surface area contributed by atoms with Crippen LogP contribution in [0.1, 0.15) is 58.1 Å². The lowest BCUT2D eigenvalue weighted by Gasteiger charge is -2.43. The number of ether oxygens (including phenoxy) is 1. The molecule has 1 heterocycles. The SMILES string of the molecule is CCC1(CC)CCN(C(C)c2ccc(O)c(OC)c2)CC1. The van der Waals surface area contributed by atoms with E-state index < -0.39 is 0 Å². The molecule has 1 aromatic rings. The monoisotopic (exact) mass is 291 g/mol. The lowest BCUT2D eigenvalue weighted by atomic mass is 9.74. The Hall–Kier alpha value is -1.22. The summed E-state index contributed by atoms with van der Waals surface area (Å²) < 4.78 is 5.22. The number of phenolic OH excluding ortho intramolecular Hbond substituents is 1. The molecule has 0 aliphatic carbocycles. The summed E-state index contributed by atoms with van der Waals surface area (Å²) in [5, 5.41) is 9.72. The Bertz CT molecular complexity index is 458. The molecule has 1 fully saturated rings. The highest BCUT2D eigenvalue weighted by molar-refractivity contribution is 5.42. The van der Waals surface area contributed by atoms with Crippen LogP contribution in [0.25, 0.3) is 0 Å². The molecule has 1 aliphatic rings. The van der Waals surface area contributed by atoms with Crippen molar-refractivity contribution in [3.63, 3.8) is 0 Å². The van der Waals surface area contributed by atoms with Gasteiger partial charge in [0.2, 0.25) is 0 Å². The average Bonchev–Trinajstić information content (AvgIpc) is 2.54. The number of nitrogens with zero attached hydrogens (tertiary/aromatic N) is 1. The van der Waals surface area contributed by atoms with Gasteiger partial charge in [0, 0.05) is 6.04 Å². The second kappa shape index (κ2) is 6.69. The Labute approximate surface area is 128 Å². The Morgan fingerprint density at radius 3 is 2.38 bits per heavy atom. The van der Waals surface area contributed by atoms with Crippen LogP contribution in [0.4, 0.5) is 0 Å². The normalized spacial score (nSPS) is 20.2. The predicted molar refractivity (Wildman–Crippen MR) is 86.9 cm³/mol. The van der Waals surface area contributed by atoms with Crippen molar-refractivity contribution in [3.05, 3.63) is 23.8 Å². The van der Waals surface area contributed by atoms with Crippen LogP contribution in [0.2, 0.25) is 0 Å². The van der Waals surface area contributed by atoms with Crippen LogP contribution in [0.15, 0.2) is 18.2 Å². The number of rotatable bonds is 5. The summed E-state index contributed by atoms with van der Waals surface area (Å²) >= 11 is 0. The zero-order valence-corrected chi connectivity index (χ0v) is 13.9. The van der Waals surface area contributed by atoms with Crippen molar-refractivity contribution in [2.75, 3.05) is 20.2 Å². The van der Waals surface area contributed by atoms with Gasteiger partial charge in [-0.15, -0.1) is 0 Å². The maximum atomic E-state index is 9.72. The fourth-order valence-electron chi connectivity index (χ4n) is 3.51. The predicted octanol–water partition coefficient (Wildman–Crippen LogP) is 4.36. The van der Waals surface area contributed by atoms with Crippen molar-refractivity contribution in [3.8, 4) is 11.5 Å². The van der Waals surface area contributed by atoms with Crippen molar-refractivity contribution >= 4 is 0 Å². The smallest absolute Gasteiger partial charge is 0.160 e. The molecule has 3 heteroatoms. The van der Waals surface area contributed by atoms with Gasteiger partial charge in [0.05, 0.1) is 7.11 Å². The van der Waals surface area contributed by atoms with Gasteiger partial charge in [-0.25, -0.2) is 0 Å². The van der Waals surface area contributed by atoms with E-state index in [1.165, 1.54) is 31.2 Å². The number of benzene rings is 1. The van der Waals surface area contributed by atoms with E-state index in [1.807, 2.05) is 12.1 Å². The molecule has 0 bridgehead atoms. The maximum absolute atomic E-state index is 9.72. The molecule has 1 N–H and O–H groups in total. The molecule has 0 radical (unpaired) electrons. The van der Waals surface area contributed by atoms with Crippen LogP contribution in [0, 0.1) is 5.41 Å². The van der Waals surface area contributed by atoms with Crippen LogP contribution in [-0.4, -0.2) is 30.2 Å². The summed E-state index contributed by atoms with van der Waals surface area (Å²) in [6.45, 7) is 9.22. The fourth-order valence-corrected chi connectivity index (χ4v) is 3.51. The molecule has 1 atom stereocenters. The first-order valence-corrected chi connectivity index (χ1v) is 8.16. The van der Waals surface area contributed by atoms with E-state index >= 15 is 0 Å². The van der Waals surface area contributed by atoms with Gasteiger partial charge in [0.25, 0.3) is 0 Å². The van der Waals surface area contributed by atoms with Gasteiger partial charge in [0.15, 0.2) is 11.5 Å². The zero-order valence-electron chi connectivity index (χ0n) is 13.9. The van der Waals surface area contributed by atoms with E-state index in [4.69, 9.17) is 4.74 Å². The Morgan fingerprint density at radius 2 is 1.86 bits per heavy atom. The van der Waals surface area contributed by atoms with Gasteiger partial charge < -0.3 is 9.84 Å². The van der Waals surface area contributed by atoms with Crippen LogP contribution in [-0.2, 0) is 0 Å². The van der Waals surface area contributed by atoms with Gasteiger partial charge in [-0.2, -0.15) is 0 Å². The third kappa shape index (κ3) is 3.34. The van der Waals surface area contributed by atoms with Gasteiger partial charge in [0.1, 0.15) is 0 Å². The van der Waals surface area contributed by atoms with E-state index in [9.17, 15) is 5.11 Å². The number of hydrogen-bond acceptors (Lipinski definition) is 3. The van der Waals surface area contributed by atoms with Crippen molar-refractivity contribution in [2.45, 2.75) is 52.5 Å². The maximum Gasteiger partial charge on any atom is 0.160 e. The minimum Gasteiger partial charge on any atom is -0.504 e. The minimum absolute atomic E-state index is 0.211. The minimum atomic E-state index is 0.211. The third-order valence-electron chi connectivity index (χ3n) is 5.59. The highest BCUT2D eigenvalue weighted by atomic mass is 16.5. The molecule has 0 amide bonds. The molecule has 0 aromatic heterocycles. The number of hydrogen-bond donors (Lipinski definition) is 1. The lowest BCUT2D eigenvalue weighted by Crippen LogP contribution is -2.40. The molecule has 0 spiro atoms. The molecule has 0 saturated carbocycles. The molecule has 1 unspecified atom stereocenters. The van der Waals surface area contributed by atoms with E-state index in [0.717, 1.165) is 13.1 Å². The number of methoxy groups -OCH3 is 1. The number of piperidine rings is 1. The van der Waals surface area contributed by atoms with Gasteiger partial charge in [-0.1, -0.05) is 32.8 Å². The third-order valence-corrected chi connectivity index (χ3v) is 5.59. The second-order valence-corrected chi connectivity index (χ2v) is 6.35. The highest BCUT2D eigenvalue weighted by Gasteiger charge is 2.32. The largest absolute Gasteiger partial charge is 0.504 e. The summed E-state index contributed by atoms with van der Waals surface area (Å²) in [5.74, 6) is 0.774.